The number of amides is 1. The maximum atomic E-state index is 12.1. The zero-order chi connectivity index (χ0) is 14.4. The van der Waals surface area contributed by atoms with Gasteiger partial charge in [0, 0.05) is 11.4 Å². The minimum Gasteiger partial charge on any atom is -0.480 e. The summed E-state index contributed by atoms with van der Waals surface area (Å²) in [4.78, 5) is 24.3. The lowest BCUT2D eigenvalue weighted by Gasteiger charge is -2.24. The predicted octanol–water partition coefficient (Wildman–Crippen LogP) is 1.00. The van der Waals surface area contributed by atoms with Crippen LogP contribution in [0, 0.1) is 0 Å². The summed E-state index contributed by atoms with van der Waals surface area (Å²) in [6.45, 7) is 1.66. The Hall–Kier alpha value is -2.08. The Morgan fingerprint density at radius 1 is 1.47 bits per heavy atom. The molecule has 0 aliphatic carbocycles. The van der Waals surface area contributed by atoms with Crippen molar-refractivity contribution in [3.63, 3.8) is 0 Å². The van der Waals surface area contributed by atoms with Gasteiger partial charge in [-0.15, -0.1) is 0 Å². The van der Waals surface area contributed by atoms with Gasteiger partial charge in [-0.2, -0.15) is 0 Å². The van der Waals surface area contributed by atoms with Crippen LogP contribution in [0.1, 0.15) is 13.3 Å². The number of carbonyl (C=O) groups excluding carboxylic acids is 1. The molecule has 0 spiro atoms. The summed E-state index contributed by atoms with van der Waals surface area (Å²) in [6, 6.07) is 6.37. The number of nitrogens with two attached hydrogens (primary N) is 1. The maximum Gasteiger partial charge on any atom is 0.317 e. The fourth-order valence-corrected chi connectivity index (χ4v) is 1.86. The molecule has 1 aromatic carbocycles. The molecule has 1 rings (SSSR count). The van der Waals surface area contributed by atoms with Gasteiger partial charge in [0.1, 0.15) is 0 Å². The lowest BCUT2D eigenvalue weighted by molar-refractivity contribution is -0.139. The van der Waals surface area contributed by atoms with Crippen molar-refractivity contribution < 1.29 is 14.7 Å². The molecule has 1 unspecified atom stereocenters. The summed E-state index contributed by atoms with van der Waals surface area (Å²) in [5.74, 6) is -1.20. The number of nitrogen functional groups attached to an aromatic ring is 1. The highest BCUT2D eigenvalue weighted by Gasteiger charge is 2.22. The number of hydrogen-bond acceptors (Lipinski definition) is 4. The van der Waals surface area contributed by atoms with E-state index in [1.165, 1.54) is 4.90 Å². The lowest BCUT2D eigenvalue weighted by Crippen LogP contribution is -2.43. The molecule has 0 aliphatic heterocycles. The number of benzene rings is 1. The Kier molecular flexibility index (Phi) is 5.32. The molecule has 4 N–H and O–H groups in total. The Labute approximate surface area is 112 Å². The number of anilines is 2. The molecule has 1 aromatic rings. The highest BCUT2D eigenvalue weighted by atomic mass is 16.4. The van der Waals surface area contributed by atoms with Gasteiger partial charge < -0.3 is 16.2 Å². The number of hydrogen-bond donors (Lipinski definition) is 3. The molecule has 0 aromatic heterocycles. The number of carbonyl (C=O) groups is 2. The van der Waals surface area contributed by atoms with Crippen molar-refractivity contribution in [1.82, 2.24) is 4.90 Å². The molecule has 19 heavy (non-hydrogen) atoms. The van der Waals surface area contributed by atoms with Crippen LogP contribution in [0.25, 0.3) is 0 Å². The summed E-state index contributed by atoms with van der Waals surface area (Å²) in [5.41, 5.74) is 6.79. The third-order valence-electron chi connectivity index (χ3n) is 2.76. The lowest BCUT2D eigenvalue weighted by atomic mass is 10.1. The molecule has 0 saturated heterocycles. The third kappa shape index (κ3) is 4.59. The molecule has 1 atom stereocenters. The Balaban J connectivity index is 2.71. The van der Waals surface area contributed by atoms with Crippen LogP contribution in [0.3, 0.4) is 0 Å². The molecule has 0 saturated carbocycles. The Morgan fingerprint density at radius 2 is 2.16 bits per heavy atom. The molecule has 0 aliphatic rings. The molecular weight excluding hydrogens is 246 g/mol. The highest BCUT2D eigenvalue weighted by molar-refractivity contribution is 5.95. The number of rotatable bonds is 6. The van der Waals surface area contributed by atoms with Crippen molar-refractivity contribution in [2.45, 2.75) is 19.4 Å². The third-order valence-corrected chi connectivity index (χ3v) is 2.76. The SMILES string of the molecule is CCC(C(=O)Nc1cccc(N)c1)N(C)CC(=O)O. The van der Waals surface area contributed by atoms with Gasteiger partial charge in [0.25, 0.3) is 0 Å². The van der Waals surface area contributed by atoms with E-state index in [0.29, 0.717) is 17.8 Å². The fourth-order valence-electron chi connectivity index (χ4n) is 1.86. The molecule has 0 radical (unpaired) electrons. The van der Waals surface area contributed by atoms with Crippen LogP contribution in [0.5, 0.6) is 0 Å². The summed E-state index contributed by atoms with van der Waals surface area (Å²) in [6.07, 6.45) is 0.526. The Bertz CT molecular complexity index is 462. The number of aliphatic carboxylic acids is 1. The molecule has 6 nitrogen and oxygen atoms in total. The first-order valence-corrected chi connectivity index (χ1v) is 6.02. The first kappa shape index (κ1) is 15.0. The number of nitrogens with one attached hydrogen (secondary N) is 1. The number of likely N-dealkylation sites (N-methyl/N-ethyl adjacent to an activating group) is 1. The topological polar surface area (TPSA) is 95.7 Å². The summed E-state index contributed by atoms with van der Waals surface area (Å²) in [5, 5.41) is 11.5. The average Bonchev–Trinajstić information content (AvgIpc) is 2.28. The van der Waals surface area contributed by atoms with Crippen molar-refractivity contribution in [3.8, 4) is 0 Å². The first-order chi connectivity index (χ1) is 8.93. The van der Waals surface area contributed by atoms with Crippen LogP contribution in [0.4, 0.5) is 11.4 Å². The first-order valence-electron chi connectivity index (χ1n) is 6.02. The zero-order valence-electron chi connectivity index (χ0n) is 11.1. The molecule has 1 amide bonds. The van der Waals surface area contributed by atoms with E-state index in [9.17, 15) is 9.59 Å². The van der Waals surface area contributed by atoms with Crippen LogP contribution in [-0.4, -0.2) is 41.5 Å². The van der Waals surface area contributed by atoms with Gasteiger partial charge in [-0.1, -0.05) is 13.0 Å². The summed E-state index contributed by atoms with van der Waals surface area (Å²) < 4.78 is 0. The van der Waals surface area contributed by atoms with Gasteiger partial charge in [0.05, 0.1) is 12.6 Å². The van der Waals surface area contributed by atoms with E-state index in [0.717, 1.165) is 0 Å². The smallest absolute Gasteiger partial charge is 0.317 e. The largest absolute Gasteiger partial charge is 0.480 e. The number of carboxylic acid groups (broad SMARTS) is 1. The number of nitrogens with zero attached hydrogens (tertiary/aromatic N) is 1. The van der Waals surface area contributed by atoms with Crippen molar-refractivity contribution in [2.24, 2.45) is 0 Å². The van der Waals surface area contributed by atoms with Gasteiger partial charge in [-0.25, -0.2) is 0 Å². The second-order valence-corrected chi connectivity index (χ2v) is 4.35. The zero-order valence-corrected chi connectivity index (χ0v) is 11.1. The molecule has 0 fully saturated rings. The van der Waals surface area contributed by atoms with E-state index in [1.54, 1.807) is 31.3 Å². The van der Waals surface area contributed by atoms with Gasteiger partial charge in [-0.3, -0.25) is 14.5 Å². The molecule has 0 heterocycles. The fraction of sp³-hybridized carbons (Fsp3) is 0.385. The molecular formula is C13H19N3O3. The monoisotopic (exact) mass is 265 g/mol. The second-order valence-electron chi connectivity index (χ2n) is 4.35. The van der Waals surface area contributed by atoms with E-state index >= 15 is 0 Å². The van der Waals surface area contributed by atoms with E-state index in [1.807, 2.05) is 6.92 Å². The minimum atomic E-state index is -0.960. The van der Waals surface area contributed by atoms with Crippen LogP contribution in [-0.2, 0) is 9.59 Å². The highest BCUT2D eigenvalue weighted by Crippen LogP contribution is 2.13. The predicted molar refractivity (Wildman–Crippen MR) is 73.8 cm³/mol. The van der Waals surface area contributed by atoms with Crippen molar-refractivity contribution >= 4 is 23.3 Å². The van der Waals surface area contributed by atoms with Crippen LogP contribution < -0.4 is 11.1 Å². The summed E-state index contributed by atoms with van der Waals surface area (Å²) >= 11 is 0. The Morgan fingerprint density at radius 3 is 2.68 bits per heavy atom. The maximum absolute atomic E-state index is 12.1. The average molecular weight is 265 g/mol. The van der Waals surface area contributed by atoms with Crippen molar-refractivity contribution in [1.29, 1.82) is 0 Å². The summed E-state index contributed by atoms with van der Waals surface area (Å²) in [7, 11) is 1.61. The molecule has 104 valence electrons. The van der Waals surface area contributed by atoms with E-state index in [4.69, 9.17) is 10.8 Å². The molecule has 6 heteroatoms. The van der Waals surface area contributed by atoms with Gasteiger partial charge in [0.15, 0.2) is 0 Å². The standard InChI is InChI=1S/C13H19N3O3/c1-3-11(16(2)8-12(17)18)13(19)15-10-6-4-5-9(14)7-10/h4-7,11H,3,8,14H2,1-2H3,(H,15,19)(H,17,18). The van der Waals surface area contributed by atoms with E-state index in [-0.39, 0.29) is 12.5 Å². The van der Waals surface area contributed by atoms with Gasteiger partial charge in [-0.05, 0) is 31.7 Å². The van der Waals surface area contributed by atoms with E-state index in [2.05, 4.69) is 5.32 Å². The van der Waals surface area contributed by atoms with Crippen LogP contribution >= 0.6 is 0 Å². The number of carboxylic acids is 1. The van der Waals surface area contributed by atoms with Crippen molar-refractivity contribution in [2.75, 3.05) is 24.6 Å². The van der Waals surface area contributed by atoms with Crippen LogP contribution in [0.15, 0.2) is 24.3 Å². The van der Waals surface area contributed by atoms with Crippen molar-refractivity contribution in [3.05, 3.63) is 24.3 Å². The van der Waals surface area contributed by atoms with E-state index < -0.39 is 12.0 Å². The minimum absolute atomic E-state index is 0.178. The normalized spacial score (nSPS) is 12.2. The van der Waals surface area contributed by atoms with Crippen LogP contribution in [0.2, 0.25) is 0 Å². The second kappa shape index (κ2) is 6.75. The van der Waals surface area contributed by atoms with Gasteiger partial charge in [0.2, 0.25) is 5.91 Å². The molecule has 0 bridgehead atoms. The van der Waals surface area contributed by atoms with Gasteiger partial charge >= 0.3 is 5.97 Å². The quantitative estimate of drug-likeness (QED) is 0.667.